The van der Waals surface area contributed by atoms with E-state index in [4.69, 9.17) is 0 Å². The number of carbonyl (C=O) groups excluding carboxylic acids is 2. The Morgan fingerprint density at radius 2 is 1.67 bits per heavy atom. The SMILES string of the molecule is Cc1ccc(C(=O)N2CCN(CC(=O)Nc3c(C#N)c(C)c(C)n3-c3ccc(F)cc3)CC2)cc1F. The number of halogens is 2. The van der Waals surface area contributed by atoms with Crippen molar-refractivity contribution in [2.45, 2.75) is 20.8 Å². The minimum atomic E-state index is -0.413. The number of aryl methyl sites for hydroxylation is 1. The Morgan fingerprint density at radius 1 is 1.00 bits per heavy atom. The van der Waals surface area contributed by atoms with Crippen LogP contribution in [0.5, 0.6) is 0 Å². The van der Waals surface area contributed by atoms with Gasteiger partial charge in [0, 0.05) is 43.1 Å². The van der Waals surface area contributed by atoms with Crippen molar-refractivity contribution < 1.29 is 18.4 Å². The van der Waals surface area contributed by atoms with Gasteiger partial charge in [0.2, 0.25) is 5.91 Å². The molecule has 9 heteroatoms. The second-order valence-electron chi connectivity index (χ2n) is 8.94. The van der Waals surface area contributed by atoms with Crippen LogP contribution in [0.4, 0.5) is 14.6 Å². The molecule has 3 aromatic rings. The molecule has 1 aliphatic heterocycles. The first kappa shape index (κ1) is 25.1. The second-order valence-corrected chi connectivity index (χ2v) is 8.94. The van der Waals surface area contributed by atoms with E-state index in [9.17, 15) is 23.6 Å². The minimum absolute atomic E-state index is 0.0821. The number of piperazine rings is 1. The highest BCUT2D eigenvalue weighted by Crippen LogP contribution is 2.30. The monoisotopic (exact) mass is 491 g/mol. The summed E-state index contributed by atoms with van der Waals surface area (Å²) in [6.45, 7) is 7.16. The van der Waals surface area contributed by atoms with Crippen LogP contribution >= 0.6 is 0 Å². The van der Waals surface area contributed by atoms with E-state index in [1.165, 1.54) is 18.2 Å². The predicted octanol–water partition coefficient (Wildman–Crippen LogP) is 3.95. The third-order valence-electron chi connectivity index (χ3n) is 6.61. The smallest absolute Gasteiger partial charge is 0.254 e. The number of nitriles is 1. The number of nitrogens with zero attached hydrogens (tertiary/aromatic N) is 4. The fraction of sp³-hybridized carbons (Fsp3) is 0.296. The molecular weight excluding hydrogens is 464 g/mol. The molecule has 2 amide bonds. The van der Waals surface area contributed by atoms with Gasteiger partial charge in [-0.1, -0.05) is 6.07 Å². The highest BCUT2D eigenvalue weighted by Gasteiger charge is 2.25. The molecule has 2 heterocycles. The highest BCUT2D eigenvalue weighted by atomic mass is 19.1. The molecule has 7 nitrogen and oxygen atoms in total. The molecule has 0 atom stereocenters. The van der Waals surface area contributed by atoms with Gasteiger partial charge in [0.25, 0.3) is 5.91 Å². The van der Waals surface area contributed by atoms with Gasteiger partial charge in [-0.2, -0.15) is 5.26 Å². The molecule has 0 aliphatic carbocycles. The van der Waals surface area contributed by atoms with Crippen LogP contribution in [0.2, 0.25) is 0 Å². The fourth-order valence-electron chi connectivity index (χ4n) is 4.37. The Morgan fingerprint density at radius 3 is 2.28 bits per heavy atom. The van der Waals surface area contributed by atoms with Gasteiger partial charge in [-0.15, -0.1) is 0 Å². The van der Waals surface area contributed by atoms with Crippen molar-refractivity contribution in [1.82, 2.24) is 14.4 Å². The maximum Gasteiger partial charge on any atom is 0.254 e. The average molecular weight is 492 g/mol. The Bertz CT molecular complexity index is 1350. The topological polar surface area (TPSA) is 81.4 Å². The van der Waals surface area contributed by atoms with Crippen LogP contribution in [0.3, 0.4) is 0 Å². The van der Waals surface area contributed by atoms with Gasteiger partial charge in [-0.25, -0.2) is 8.78 Å². The van der Waals surface area contributed by atoms with Crippen LogP contribution in [0.25, 0.3) is 5.69 Å². The first-order valence-corrected chi connectivity index (χ1v) is 11.6. The standard InChI is InChI=1S/C27H27F2N5O2/c1-17-4-5-20(14-24(17)29)27(36)33-12-10-32(11-13-33)16-25(35)31-26-23(15-30)18(2)19(3)34(26)22-8-6-21(28)7-9-22/h4-9,14H,10-13,16H2,1-3H3,(H,31,35). The number of carbonyl (C=O) groups is 2. The number of amides is 2. The number of anilines is 1. The van der Waals surface area contributed by atoms with E-state index in [0.717, 1.165) is 11.3 Å². The Kier molecular flexibility index (Phi) is 7.17. The zero-order chi connectivity index (χ0) is 26.0. The normalized spacial score (nSPS) is 13.9. The summed E-state index contributed by atoms with van der Waals surface area (Å²) in [7, 11) is 0. The maximum absolute atomic E-state index is 13.9. The van der Waals surface area contributed by atoms with Gasteiger partial charge in [0.15, 0.2) is 0 Å². The second kappa shape index (κ2) is 10.3. The summed E-state index contributed by atoms with van der Waals surface area (Å²) in [6.07, 6.45) is 0. The molecule has 186 valence electrons. The number of nitrogens with one attached hydrogen (secondary N) is 1. The number of aromatic nitrogens is 1. The molecule has 1 saturated heterocycles. The third kappa shape index (κ3) is 4.99. The van der Waals surface area contributed by atoms with Crippen LogP contribution in [0.15, 0.2) is 42.5 Å². The van der Waals surface area contributed by atoms with Gasteiger partial charge in [0.1, 0.15) is 23.5 Å². The van der Waals surface area contributed by atoms with Crippen molar-refractivity contribution in [1.29, 1.82) is 5.26 Å². The van der Waals surface area contributed by atoms with Crippen molar-refractivity contribution in [3.05, 3.63) is 82.0 Å². The van der Waals surface area contributed by atoms with Crippen LogP contribution in [0.1, 0.15) is 32.7 Å². The van der Waals surface area contributed by atoms with E-state index >= 15 is 0 Å². The molecule has 0 unspecified atom stereocenters. The molecule has 36 heavy (non-hydrogen) atoms. The summed E-state index contributed by atoms with van der Waals surface area (Å²) in [4.78, 5) is 29.3. The minimum Gasteiger partial charge on any atom is -0.336 e. The molecule has 1 fully saturated rings. The number of benzene rings is 2. The van der Waals surface area contributed by atoms with Gasteiger partial charge in [-0.05, 0) is 68.3 Å². The zero-order valence-corrected chi connectivity index (χ0v) is 20.4. The average Bonchev–Trinajstić information content (AvgIpc) is 3.10. The fourth-order valence-corrected chi connectivity index (χ4v) is 4.37. The molecule has 1 N–H and O–H groups in total. The summed E-state index contributed by atoms with van der Waals surface area (Å²) in [6, 6.07) is 12.5. The van der Waals surface area contributed by atoms with E-state index in [2.05, 4.69) is 11.4 Å². The summed E-state index contributed by atoms with van der Waals surface area (Å²) in [5, 5.41) is 12.6. The molecule has 4 rings (SSSR count). The molecule has 0 radical (unpaired) electrons. The Hall–Kier alpha value is -4.03. The first-order chi connectivity index (χ1) is 17.2. The van der Waals surface area contributed by atoms with Gasteiger partial charge in [0.05, 0.1) is 12.1 Å². The van der Waals surface area contributed by atoms with Crippen molar-refractivity contribution >= 4 is 17.6 Å². The lowest BCUT2D eigenvalue weighted by molar-refractivity contribution is -0.117. The van der Waals surface area contributed by atoms with E-state index in [-0.39, 0.29) is 24.2 Å². The Labute approximate surface area is 208 Å². The van der Waals surface area contributed by atoms with E-state index in [1.807, 2.05) is 11.8 Å². The van der Waals surface area contributed by atoms with Crippen LogP contribution in [-0.4, -0.2) is 58.9 Å². The molecule has 0 spiro atoms. The molecule has 2 aromatic carbocycles. The van der Waals surface area contributed by atoms with Crippen molar-refractivity contribution in [2.75, 3.05) is 38.0 Å². The summed E-state index contributed by atoms with van der Waals surface area (Å²) >= 11 is 0. The molecule has 1 aliphatic rings. The summed E-state index contributed by atoms with van der Waals surface area (Å²) < 4.78 is 29.1. The van der Waals surface area contributed by atoms with E-state index < -0.39 is 5.82 Å². The van der Waals surface area contributed by atoms with Gasteiger partial charge >= 0.3 is 0 Å². The van der Waals surface area contributed by atoms with Gasteiger partial charge in [-0.3, -0.25) is 19.1 Å². The number of rotatable bonds is 5. The predicted molar refractivity (Wildman–Crippen MR) is 132 cm³/mol. The lowest BCUT2D eigenvalue weighted by Gasteiger charge is -2.34. The number of hydrogen-bond donors (Lipinski definition) is 1. The van der Waals surface area contributed by atoms with E-state index in [0.29, 0.717) is 54.4 Å². The first-order valence-electron chi connectivity index (χ1n) is 11.6. The van der Waals surface area contributed by atoms with Crippen LogP contribution < -0.4 is 5.32 Å². The molecular formula is C27H27F2N5O2. The van der Waals surface area contributed by atoms with Crippen molar-refractivity contribution in [3.8, 4) is 11.8 Å². The quantitative estimate of drug-likeness (QED) is 0.586. The highest BCUT2D eigenvalue weighted by molar-refractivity contribution is 5.95. The van der Waals surface area contributed by atoms with Crippen molar-refractivity contribution in [3.63, 3.8) is 0 Å². The largest absolute Gasteiger partial charge is 0.336 e. The lowest BCUT2D eigenvalue weighted by atomic mass is 10.1. The summed E-state index contributed by atoms with van der Waals surface area (Å²) in [5.41, 5.74) is 3.28. The molecule has 0 saturated carbocycles. The summed E-state index contributed by atoms with van der Waals surface area (Å²) in [5.74, 6) is -0.980. The van der Waals surface area contributed by atoms with Crippen LogP contribution in [-0.2, 0) is 4.79 Å². The third-order valence-corrected chi connectivity index (χ3v) is 6.61. The van der Waals surface area contributed by atoms with Crippen LogP contribution in [0, 0.1) is 43.7 Å². The van der Waals surface area contributed by atoms with Gasteiger partial charge < -0.3 is 10.2 Å². The van der Waals surface area contributed by atoms with E-state index in [1.54, 1.807) is 47.6 Å². The van der Waals surface area contributed by atoms with Crippen molar-refractivity contribution in [2.24, 2.45) is 0 Å². The lowest BCUT2D eigenvalue weighted by Crippen LogP contribution is -2.50. The zero-order valence-electron chi connectivity index (χ0n) is 20.4. The maximum atomic E-state index is 13.9. The number of hydrogen-bond acceptors (Lipinski definition) is 4. The Balaban J connectivity index is 1.43. The molecule has 1 aromatic heterocycles. The molecule has 0 bridgehead atoms.